The number of carboxylic acid groups (broad SMARTS) is 3. The number of carboxylic acids is 3. The number of amides is 1. The quantitative estimate of drug-likeness (QED) is 0.0717. The Balaban J connectivity index is 2.77. The van der Waals surface area contributed by atoms with Crippen LogP contribution in [0.2, 0.25) is 0 Å². The predicted molar refractivity (Wildman–Crippen MR) is 156 cm³/mol. The fourth-order valence-electron chi connectivity index (χ4n) is 4.70. The first-order valence-corrected chi connectivity index (χ1v) is 14.7. The molecule has 3 unspecified atom stereocenters. The van der Waals surface area contributed by atoms with E-state index < -0.39 is 47.8 Å². The molecule has 0 heterocycles. The Labute approximate surface area is 247 Å². The van der Waals surface area contributed by atoms with Gasteiger partial charge in [0.2, 0.25) is 5.91 Å². The van der Waals surface area contributed by atoms with Gasteiger partial charge in [-0.2, -0.15) is 0 Å². The van der Waals surface area contributed by atoms with Crippen LogP contribution in [0.25, 0.3) is 0 Å². The Morgan fingerprint density at radius 3 is 1.98 bits per heavy atom. The highest BCUT2D eigenvalue weighted by Crippen LogP contribution is 2.26. The molecule has 11 heteroatoms. The van der Waals surface area contributed by atoms with Crippen LogP contribution in [0.5, 0.6) is 5.75 Å². The molecule has 1 aromatic rings. The van der Waals surface area contributed by atoms with E-state index in [1.807, 2.05) is 0 Å². The lowest BCUT2D eigenvalue weighted by atomic mass is 9.82. The molecule has 0 aliphatic carbocycles. The van der Waals surface area contributed by atoms with Crippen LogP contribution >= 0.6 is 0 Å². The molecular weight excluding hydrogens is 546 g/mol. The van der Waals surface area contributed by atoms with E-state index in [2.05, 4.69) is 12.2 Å². The summed E-state index contributed by atoms with van der Waals surface area (Å²) in [4.78, 5) is 48.3. The van der Waals surface area contributed by atoms with Crippen LogP contribution in [0.15, 0.2) is 36.4 Å². The van der Waals surface area contributed by atoms with Crippen molar-refractivity contribution in [2.24, 2.45) is 5.92 Å². The minimum atomic E-state index is -3.01. The number of carbonyl (C=O) groups excluding carboxylic acids is 1. The number of aromatic hydroxyl groups is 1. The number of unbranched alkanes of at least 4 members (excludes halogenated alkanes) is 8. The molecule has 236 valence electrons. The van der Waals surface area contributed by atoms with E-state index in [4.69, 9.17) is 0 Å². The second kappa shape index (κ2) is 19.6. The van der Waals surface area contributed by atoms with Crippen LogP contribution in [0, 0.1) is 5.92 Å². The average Bonchev–Trinajstić information content (AvgIpc) is 2.92. The summed E-state index contributed by atoms with van der Waals surface area (Å²) in [6.45, 7) is 2.16. The maximum Gasteiger partial charge on any atom is 0.337 e. The van der Waals surface area contributed by atoms with Gasteiger partial charge in [-0.1, -0.05) is 82.6 Å². The second-order valence-corrected chi connectivity index (χ2v) is 10.8. The lowest BCUT2D eigenvalue weighted by molar-refractivity contribution is -0.172. The third-order valence-corrected chi connectivity index (χ3v) is 7.21. The second-order valence-electron chi connectivity index (χ2n) is 10.8. The normalized spacial score (nSPS) is 15.0. The number of phenols is 1. The third kappa shape index (κ3) is 14.0. The maximum absolute atomic E-state index is 13.1. The van der Waals surface area contributed by atoms with Gasteiger partial charge in [-0.15, -0.1) is 0 Å². The van der Waals surface area contributed by atoms with Gasteiger partial charge in [0.1, 0.15) is 11.8 Å². The molecule has 0 saturated heterocycles. The van der Waals surface area contributed by atoms with Crippen LogP contribution in [-0.2, 0) is 25.6 Å². The first-order valence-electron chi connectivity index (χ1n) is 14.7. The molecule has 0 radical (unpaired) electrons. The number of carbonyl (C=O) groups is 4. The summed E-state index contributed by atoms with van der Waals surface area (Å²) in [6.07, 6.45) is 11.8. The molecule has 0 spiro atoms. The zero-order valence-corrected chi connectivity index (χ0v) is 24.4. The van der Waals surface area contributed by atoms with Gasteiger partial charge in [-0.05, 0) is 43.4 Å². The molecule has 0 aliphatic rings. The van der Waals surface area contributed by atoms with Crippen molar-refractivity contribution >= 4 is 23.8 Å². The highest BCUT2D eigenvalue weighted by Gasteiger charge is 2.49. The van der Waals surface area contributed by atoms with E-state index in [1.54, 1.807) is 0 Å². The van der Waals surface area contributed by atoms with Gasteiger partial charge in [0.25, 0.3) is 0 Å². The molecule has 7 N–H and O–H groups in total. The monoisotopic (exact) mass is 593 g/mol. The van der Waals surface area contributed by atoms with E-state index in [9.17, 15) is 49.8 Å². The van der Waals surface area contributed by atoms with Crippen molar-refractivity contribution in [3.63, 3.8) is 0 Å². The zero-order chi connectivity index (χ0) is 31.5. The molecule has 1 aromatic carbocycles. The van der Waals surface area contributed by atoms with Crippen LogP contribution in [0.4, 0.5) is 0 Å². The van der Waals surface area contributed by atoms with Gasteiger partial charge < -0.3 is 36.0 Å². The first kappa shape index (κ1) is 36.6. The van der Waals surface area contributed by atoms with Crippen molar-refractivity contribution in [1.29, 1.82) is 0 Å². The lowest BCUT2D eigenvalue weighted by Gasteiger charge is -2.29. The number of benzene rings is 1. The lowest BCUT2D eigenvalue weighted by Crippen LogP contribution is -2.55. The molecule has 11 nitrogen and oxygen atoms in total. The summed E-state index contributed by atoms with van der Waals surface area (Å²) in [5.74, 6) is -8.05. The molecule has 42 heavy (non-hydrogen) atoms. The zero-order valence-electron chi connectivity index (χ0n) is 24.4. The molecule has 0 aromatic heterocycles. The predicted octanol–water partition coefficient (Wildman–Crippen LogP) is 4.03. The standard InChI is InChI=1S/C31H47NO10/c1-2-3-4-7-10-13-23(33)14-11-8-5-6-9-12-15-25(31(42,30(40)41)21-27(35)36)28(37)32-26(29(38)39)20-22-16-18-24(34)19-17-22/h12,15-19,23,25-26,33-34,42H,2-11,13-14,20-21H2,1H3,(H,32,37)(H,35,36)(H,38,39)(H,40,41)/b15-12-/t23?,25?,26-,31?/m0/s1. The van der Waals surface area contributed by atoms with Crippen molar-refractivity contribution in [3.05, 3.63) is 42.0 Å². The van der Waals surface area contributed by atoms with Gasteiger partial charge in [0.05, 0.1) is 18.4 Å². The highest BCUT2D eigenvalue weighted by molar-refractivity contribution is 5.94. The van der Waals surface area contributed by atoms with Crippen LogP contribution in [-0.4, -0.2) is 72.2 Å². The summed E-state index contributed by atoms with van der Waals surface area (Å²) in [7, 11) is 0. The molecule has 0 aliphatic heterocycles. The van der Waals surface area contributed by atoms with E-state index in [0.717, 1.165) is 51.0 Å². The van der Waals surface area contributed by atoms with Crippen LogP contribution in [0.1, 0.15) is 96.0 Å². The summed E-state index contributed by atoms with van der Waals surface area (Å²) < 4.78 is 0. The van der Waals surface area contributed by atoms with E-state index in [0.29, 0.717) is 18.4 Å². The van der Waals surface area contributed by atoms with E-state index in [1.165, 1.54) is 49.6 Å². The van der Waals surface area contributed by atoms with E-state index in [-0.39, 0.29) is 18.3 Å². The number of aliphatic hydroxyl groups is 2. The number of nitrogens with one attached hydrogen (secondary N) is 1. The molecule has 0 fully saturated rings. The van der Waals surface area contributed by atoms with Gasteiger partial charge in [0, 0.05) is 6.42 Å². The SMILES string of the molecule is CCCCCCCC(O)CCCCCC/C=C\C(C(=O)N[C@@H](Cc1ccc(O)cc1)C(=O)O)C(O)(CC(=O)O)C(=O)O. The van der Waals surface area contributed by atoms with Gasteiger partial charge in [-0.25, -0.2) is 9.59 Å². The fraction of sp³-hybridized carbons (Fsp3) is 0.613. The minimum absolute atomic E-state index is 0.0363. The fourth-order valence-corrected chi connectivity index (χ4v) is 4.70. The number of aliphatic hydroxyl groups excluding tert-OH is 1. The summed E-state index contributed by atoms with van der Waals surface area (Å²) in [5.41, 5.74) is -2.55. The highest BCUT2D eigenvalue weighted by atomic mass is 16.4. The number of hydrogen-bond acceptors (Lipinski definition) is 7. The molecule has 0 saturated carbocycles. The third-order valence-electron chi connectivity index (χ3n) is 7.21. The maximum atomic E-state index is 13.1. The Hall–Kier alpha value is -3.44. The summed E-state index contributed by atoms with van der Waals surface area (Å²) >= 11 is 0. The Kier molecular flexibility index (Phi) is 17.1. The van der Waals surface area contributed by atoms with Crippen LogP contribution in [0.3, 0.4) is 0 Å². The van der Waals surface area contributed by atoms with Crippen molar-refractivity contribution in [2.75, 3.05) is 0 Å². The van der Waals surface area contributed by atoms with Crippen LogP contribution < -0.4 is 5.32 Å². The Morgan fingerprint density at radius 2 is 1.45 bits per heavy atom. The molecule has 1 amide bonds. The largest absolute Gasteiger partial charge is 0.508 e. The number of hydrogen-bond donors (Lipinski definition) is 7. The smallest absolute Gasteiger partial charge is 0.337 e. The molecule has 0 bridgehead atoms. The first-order chi connectivity index (χ1) is 19.9. The average molecular weight is 594 g/mol. The molecule has 4 atom stereocenters. The van der Waals surface area contributed by atoms with Crippen molar-refractivity contribution < 1.29 is 49.8 Å². The minimum Gasteiger partial charge on any atom is -0.508 e. The number of phenolic OH excluding ortho intramolecular Hbond substituents is 1. The van der Waals surface area contributed by atoms with Gasteiger partial charge in [-0.3, -0.25) is 9.59 Å². The van der Waals surface area contributed by atoms with Gasteiger partial charge >= 0.3 is 17.9 Å². The Bertz CT molecular complexity index is 1010. The summed E-state index contributed by atoms with van der Waals surface area (Å²) in [5, 5.41) is 61.1. The topological polar surface area (TPSA) is 202 Å². The Morgan fingerprint density at radius 1 is 0.881 bits per heavy atom. The number of aliphatic carboxylic acids is 3. The van der Waals surface area contributed by atoms with E-state index >= 15 is 0 Å². The molecular formula is C31H47NO10. The summed E-state index contributed by atoms with van der Waals surface area (Å²) in [6, 6.07) is 4.10. The number of rotatable bonds is 23. The number of allylic oxidation sites excluding steroid dienone is 1. The molecule has 1 rings (SSSR count). The van der Waals surface area contributed by atoms with Gasteiger partial charge in [0.15, 0.2) is 5.60 Å². The van der Waals surface area contributed by atoms with Crippen molar-refractivity contribution in [2.45, 2.75) is 115 Å². The van der Waals surface area contributed by atoms with Crippen molar-refractivity contribution in [3.8, 4) is 5.75 Å². The van der Waals surface area contributed by atoms with Crippen molar-refractivity contribution in [1.82, 2.24) is 5.32 Å².